The van der Waals surface area contributed by atoms with Crippen LogP contribution in [0.4, 0.5) is 10.5 Å². The molecule has 6 nitrogen and oxygen atoms in total. The molecule has 0 saturated heterocycles. The van der Waals surface area contributed by atoms with Crippen LogP contribution in [-0.2, 0) is 4.74 Å². The first-order chi connectivity index (χ1) is 13.2. The molecule has 0 aromatic heterocycles. The number of ketones is 1. The number of halogens is 2. The zero-order valence-electron chi connectivity index (χ0n) is 15.4. The number of aromatic hydroxyl groups is 1. The van der Waals surface area contributed by atoms with Crippen LogP contribution in [0.15, 0.2) is 45.3 Å². The van der Waals surface area contributed by atoms with Gasteiger partial charge in [0.15, 0.2) is 5.78 Å². The summed E-state index contributed by atoms with van der Waals surface area (Å²) in [6.45, 7) is 3.21. The molecule has 0 aliphatic carbocycles. The summed E-state index contributed by atoms with van der Waals surface area (Å²) < 4.78 is 6.76. The lowest BCUT2D eigenvalue weighted by Gasteiger charge is -2.25. The molecule has 8 heteroatoms. The fourth-order valence-electron chi connectivity index (χ4n) is 2.69. The van der Waals surface area contributed by atoms with Gasteiger partial charge in [-0.25, -0.2) is 4.79 Å². The summed E-state index contributed by atoms with van der Waals surface area (Å²) in [6.07, 6.45) is -1.10. The second-order valence-corrected chi connectivity index (χ2v) is 8.17. The molecule has 3 N–H and O–H groups in total. The van der Waals surface area contributed by atoms with E-state index in [2.05, 4.69) is 37.2 Å². The van der Waals surface area contributed by atoms with Crippen molar-refractivity contribution in [2.24, 2.45) is 5.92 Å². The van der Waals surface area contributed by atoms with Gasteiger partial charge in [-0.3, -0.25) is 10.1 Å². The molecule has 2 atom stereocenters. The highest BCUT2D eigenvalue weighted by Gasteiger charge is 2.27. The van der Waals surface area contributed by atoms with Crippen molar-refractivity contribution in [2.45, 2.75) is 26.4 Å². The molecule has 0 radical (unpaired) electrons. The third-order valence-corrected chi connectivity index (χ3v) is 5.30. The first kappa shape index (κ1) is 22.4. The third-order valence-electron chi connectivity index (χ3n) is 4.24. The number of aliphatic hydroxyl groups is 1. The molecule has 0 saturated carbocycles. The van der Waals surface area contributed by atoms with Gasteiger partial charge in [0.05, 0.1) is 4.47 Å². The van der Waals surface area contributed by atoms with Gasteiger partial charge in [-0.1, -0.05) is 22.9 Å². The van der Waals surface area contributed by atoms with E-state index in [4.69, 9.17) is 4.74 Å². The summed E-state index contributed by atoms with van der Waals surface area (Å²) in [5.41, 5.74) is 1.43. The van der Waals surface area contributed by atoms with Gasteiger partial charge >= 0.3 is 6.09 Å². The van der Waals surface area contributed by atoms with Crippen molar-refractivity contribution in [2.75, 3.05) is 11.9 Å². The Morgan fingerprint density at radius 1 is 1.18 bits per heavy atom. The molecule has 2 aromatic carbocycles. The second-order valence-electron chi connectivity index (χ2n) is 6.40. The number of Topliss-reactive ketones (excluding diaryl/α,β-unsaturated/α-hetero) is 1. The minimum absolute atomic E-state index is 0.0309. The van der Waals surface area contributed by atoms with E-state index in [0.717, 1.165) is 0 Å². The molecule has 0 unspecified atom stereocenters. The molecule has 0 aliphatic rings. The maximum atomic E-state index is 12.4. The van der Waals surface area contributed by atoms with Crippen LogP contribution in [0.5, 0.6) is 5.75 Å². The van der Waals surface area contributed by atoms with Gasteiger partial charge in [-0.2, -0.15) is 0 Å². The van der Waals surface area contributed by atoms with E-state index in [-0.39, 0.29) is 24.1 Å². The number of carbonyl (C=O) groups excluding carboxylic acids is 2. The fourth-order valence-corrected chi connectivity index (χ4v) is 3.95. The summed E-state index contributed by atoms with van der Waals surface area (Å²) in [5, 5.41) is 22.3. The number of carbonyl (C=O) groups is 2. The smallest absolute Gasteiger partial charge is 0.412 e. The quantitative estimate of drug-likeness (QED) is 0.428. The molecule has 0 fully saturated rings. The zero-order chi connectivity index (χ0) is 20.8. The molecular weight excluding hydrogens is 494 g/mol. The zero-order valence-corrected chi connectivity index (χ0v) is 18.6. The Hall–Kier alpha value is -1.90. The van der Waals surface area contributed by atoms with E-state index >= 15 is 0 Å². The summed E-state index contributed by atoms with van der Waals surface area (Å²) >= 11 is 6.65. The average Bonchev–Trinajstić information content (AvgIpc) is 2.63. The molecule has 0 heterocycles. The Morgan fingerprint density at radius 2 is 1.82 bits per heavy atom. The van der Waals surface area contributed by atoms with Gasteiger partial charge in [0.25, 0.3) is 0 Å². The van der Waals surface area contributed by atoms with E-state index in [1.165, 1.54) is 6.92 Å². The summed E-state index contributed by atoms with van der Waals surface area (Å²) in [4.78, 5) is 23.8. The van der Waals surface area contributed by atoms with Crippen LogP contribution in [0.2, 0.25) is 0 Å². The number of benzene rings is 2. The van der Waals surface area contributed by atoms with E-state index in [0.29, 0.717) is 32.2 Å². The van der Waals surface area contributed by atoms with Crippen molar-refractivity contribution < 1.29 is 24.5 Å². The minimum atomic E-state index is -0.780. The normalized spacial score (nSPS) is 12.9. The lowest BCUT2D eigenvalue weighted by Crippen LogP contribution is -2.22. The summed E-state index contributed by atoms with van der Waals surface area (Å²) in [5.74, 6) is -0.345. The number of rotatable bonds is 7. The monoisotopic (exact) mass is 513 g/mol. The minimum Gasteiger partial charge on any atom is -0.506 e. The van der Waals surface area contributed by atoms with Crippen LogP contribution in [0.3, 0.4) is 0 Å². The van der Waals surface area contributed by atoms with E-state index in [9.17, 15) is 19.8 Å². The lowest BCUT2D eigenvalue weighted by molar-refractivity contribution is 0.0651. The van der Waals surface area contributed by atoms with Crippen molar-refractivity contribution in [3.8, 4) is 5.75 Å². The van der Waals surface area contributed by atoms with Crippen molar-refractivity contribution in [3.05, 3.63) is 56.5 Å². The first-order valence-corrected chi connectivity index (χ1v) is 10.2. The number of anilines is 1. The number of nitrogens with one attached hydrogen (secondary N) is 1. The average molecular weight is 515 g/mol. The van der Waals surface area contributed by atoms with Crippen LogP contribution in [0, 0.1) is 5.92 Å². The Labute approximate surface area is 180 Å². The Bertz CT molecular complexity index is 854. The van der Waals surface area contributed by atoms with Crippen molar-refractivity contribution >= 4 is 49.4 Å². The van der Waals surface area contributed by atoms with Gasteiger partial charge in [-0.15, -0.1) is 0 Å². The van der Waals surface area contributed by atoms with E-state index in [1.807, 2.05) is 6.92 Å². The predicted molar refractivity (Wildman–Crippen MR) is 114 cm³/mol. The largest absolute Gasteiger partial charge is 0.506 e. The van der Waals surface area contributed by atoms with Crippen LogP contribution in [0.25, 0.3) is 0 Å². The standard InChI is InChI=1S/C20H21Br2NO5/c1-11(7-8-24)19(16-9-14(21)10-17(22)18(16)26)28-20(27)23-15-5-3-13(4-6-15)12(2)25/h3-6,9-11,19,24,26H,7-8H2,1-2H3,(H,23,27)/t11-,19+/m1/s1. The van der Waals surface area contributed by atoms with E-state index < -0.39 is 12.2 Å². The molecular formula is C20H21Br2NO5. The maximum absolute atomic E-state index is 12.4. The molecule has 0 bridgehead atoms. The molecule has 2 aromatic rings. The molecule has 0 aliphatic heterocycles. The molecule has 0 spiro atoms. The molecule has 2 rings (SSSR count). The number of phenols is 1. The number of hydrogen-bond acceptors (Lipinski definition) is 5. The van der Waals surface area contributed by atoms with Gasteiger partial charge in [0.1, 0.15) is 11.9 Å². The van der Waals surface area contributed by atoms with Gasteiger partial charge < -0.3 is 14.9 Å². The number of hydrogen-bond donors (Lipinski definition) is 3. The highest BCUT2D eigenvalue weighted by molar-refractivity contribution is 9.11. The van der Waals surface area contributed by atoms with Crippen LogP contribution >= 0.6 is 31.9 Å². The Kier molecular flexibility index (Phi) is 8.03. The van der Waals surface area contributed by atoms with Gasteiger partial charge in [-0.05, 0) is 71.6 Å². The Balaban J connectivity index is 2.23. The van der Waals surface area contributed by atoms with Crippen LogP contribution < -0.4 is 5.32 Å². The highest BCUT2D eigenvalue weighted by atomic mass is 79.9. The van der Waals surface area contributed by atoms with Gasteiger partial charge in [0.2, 0.25) is 0 Å². The van der Waals surface area contributed by atoms with Crippen molar-refractivity contribution in [3.63, 3.8) is 0 Å². The summed E-state index contributed by atoms with van der Waals surface area (Å²) in [6, 6.07) is 9.80. The highest BCUT2D eigenvalue weighted by Crippen LogP contribution is 2.40. The van der Waals surface area contributed by atoms with Gasteiger partial charge in [0, 0.05) is 27.9 Å². The van der Waals surface area contributed by atoms with Crippen molar-refractivity contribution in [1.82, 2.24) is 0 Å². The van der Waals surface area contributed by atoms with Crippen LogP contribution in [0.1, 0.15) is 42.3 Å². The number of phenolic OH excluding ortho intramolecular Hbond substituents is 1. The van der Waals surface area contributed by atoms with Crippen LogP contribution in [-0.4, -0.2) is 28.7 Å². The lowest BCUT2D eigenvalue weighted by atomic mass is 9.94. The second kappa shape index (κ2) is 10.0. The molecule has 150 valence electrons. The molecule has 1 amide bonds. The maximum Gasteiger partial charge on any atom is 0.412 e. The predicted octanol–water partition coefficient (Wildman–Crippen LogP) is 5.43. The number of aliphatic hydroxyl groups excluding tert-OH is 1. The fraction of sp³-hybridized carbons (Fsp3) is 0.300. The Morgan fingerprint density at radius 3 is 2.39 bits per heavy atom. The summed E-state index contributed by atoms with van der Waals surface area (Å²) in [7, 11) is 0. The molecule has 28 heavy (non-hydrogen) atoms. The first-order valence-electron chi connectivity index (χ1n) is 8.60. The topological polar surface area (TPSA) is 95.9 Å². The number of ether oxygens (including phenoxy) is 1. The third kappa shape index (κ3) is 5.80. The van der Waals surface area contributed by atoms with Crippen molar-refractivity contribution in [1.29, 1.82) is 0 Å². The number of amides is 1. The SMILES string of the molecule is CC(=O)c1ccc(NC(=O)O[C@H](c2cc(Br)cc(Br)c2O)[C@H](C)CCO)cc1. The van der Waals surface area contributed by atoms with E-state index in [1.54, 1.807) is 36.4 Å².